The molecule has 1 aromatic rings. The number of ether oxygens (including phenoxy) is 1. The second kappa shape index (κ2) is 5.70. The number of carbonyl (C=O) groups excluding carboxylic acids is 1. The van der Waals surface area contributed by atoms with E-state index in [9.17, 15) is 4.79 Å². The number of carbonyl (C=O) groups is 1. The van der Waals surface area contributed by atoms with Crippen molar-refractivity contribution in [3.05, 3.63) is 10.7 Å². The van der Waals surface area contributed by atoms with Crippen molar-refractivity contribution in [2.75, 3.05) is 0 Å². The average molecular weight is 390 g/mol. The molecule has 0 radical (unpaired) electrons. The minimum Gasteiger partial charge on any atom is -0.443 e. The fourth-order valence-corrected chi connectivity index (χ4v) is 9.10. The van der Waals surface area contributed by atoms with E-state index in [2.05, 4.69) is 55.2 Å². The molecule has 0 fully saturated rings. The molecule has 0 amide bonds. The molecule has 21 heavy (non-hydrogen) atoms. The first-order valence-corrected chi connectivity index (χ1v) is 15.1. The molecule has 120 valence electrons. The fourth-order valence-electron chi connectivity index (χ4n) is 2.15. The summed E-state index contributed by atoms with van der Waals surface area (Å²) in [6, 6.07) is 0. The lowest BCUT2D eigenvalue weighted by molar-refractivity contribution is 0.0542. The summed E-state index contributed by atoms with van der Waals surface area (Å²) in [6.45, 7) is 19.3. The van der Waals surface area contributed by atoms with Crippen LogP contribution in [0.4, 0.5) is 4.79 Å². The van der Waals surface area contributed by atoms with E-state index in [0.29, 0.717) is 0 Å². The SMILES string of the molecule is CC(C)(C)OC(=O)n1cc([Si](C)(C)C)c(Br)c1[Si](C)(C)C. The Morgan fingerprint density at radius 2 is 1.57 bits per heavy atom. The minimum atomic E-state index is -1.68. The molecule has 0 aliphatic heterocycles. The zero-order valence-corrected chi connectivity index (χ0v) is 18.3. The van der Waals surface area contributed by atoms with E-state index in [1.807, 2.05) is 27.0 Å². The second-order valence-corrected chi connectivity index (χ2v) is 19.4. The lowest BCUT2D eigenvalue weighted by Gasteiger charge is -2.24. The third-order valence-corrected chi connectivity index (χ3v) is 8.49. The minimum absolute atomic E-state index is 0.273. The van der Waals surface area contributed by atoms with Gasteiger partial charge in [-0.1, -0.05) is 39.3 Å². The molecule has 0 bridgehead atoms. The molecule has 0 saturated heterocycles. The van der Waals surface area contributed by atoms with Gasteiger partial charge >= 0.3 is 6.09 Å². The zero-order chi connectivity index (χ0) is 16.8. The van der Waals surface area contributed by atoms with E-state index in [4.69, 9.17) is 4.74 Å². The van der Waals surface area contributed by atoms with Gasteiger partial charge in [0.15, 0.2) is 0 Å². The van der Waals surface area contributed by atoms with E-state index < -0.39 is 21.7 Å². The number of aromatic nitrogens is 1. The maximum absolute atomic E-state index is 12.6. The van der Waals surface area contributed by atoms with Gasteiger partial charge in [0.1, 0.15) is 13.7 Å². The molecule has 1 aromatic heterocycles. The van der Waals surface area contributed by atoms with E-state index in [1.54, 1.807) is 4.57 Å². The zero-order valence-electron chi connectivity index (χ0n) is 14.7. The molecule has 0 N–H and O–H groups in total. The Labute approximate surface area is 139 Å². The third kappa shape index (κ3) is 4.56. The summed E-state index contributed by atoms with van der Waals surface area (Å²) in [5.41, 5.74) is -0.482. The van der Waals surface area contributed by atoms with Crippen LogP contribution < -0.4 is 10.5 Å². The van der Waals surface area contributed by atoms with Gasteiger partial charge in [-0.15, -0.1) is 0 Å². The quantitative estimate of drug-likeness (QED) is 0.711. The first kappa shape index (κ1) is 18.7. The first-order valence-electron chi connectivity index (χ1n) is 7.30. The van der Waals surface area contributed by atoms with Crippen molar-refractivity contribution in [1.29, 1.82) is 0 Å². The molecule has 3 nitrogen and oxygen atoms in total. The number of hydrogen-bond acceptors (Lipinski definition) is 2. The van der Waals surface area contributed by atoms with Crippen molar-refractivity contribution in [2.45, 2.75) is 65.7 Å². The molecule has 6 heteroatoms. The molecule has 0 atom stereocenters. The molecule has 0 aromatic carbocycles. The van der Waals surface area contributed by atoms with Gasteiger partial charge in [-0.3, -0.25) is 4.57 Å². The van der Waals surface area contributed by atoms with Crippen molar-refractivity contribution in [3.8, 4) is 0 Å². The summed E-state index contributed by atoms with van der Waals surface area (Å²) in [4.78, 5) is 12.6. The Bertz CT molecular complexity index is 546. The van der Waals surface area contributed by atoms with Gasteiger partial charge < -0.3 is 4.74 Å². The van der Waals surface area contributed by atoms with Crippen LogP contribution in [0.1, 0.15) is 20.8 Å². The summed E-state index contributed by atoms with van der Waals surface area (Å²) in [5, 5.41) is 2.40. The third-order valence-electron chi connectivity index (χ3n) is 3.05. The van der Waals surface area contributed by atoms with E-state index in [1.165, 1.54) is 5.19 Å². The van der Waals surface area contributed by atoms with Gasteiger partial charge in [0.05, 0.1) is 8.07 Å². The van der Waals surface area contributed by atoms with Crippen molar-refractivity contribution >= 4 is 48.7 Å². The predicted octanol–water partition coefficient (Wildman–Crippen LogP) is 4.12. The Hall–Kier alpha value is -0.336. The van der Waals surface area contributed by atoms with Crippen molar-refractivity contribution in [3.63, 3.8) is 0 Å². The van der Waals surface area contributed by atoms with Gasteiger partial charge in [0.25, 0.3) is 0 Å². The van der Waals surface area contributed by atoms with Crippen LogP contribution in [0.2, 0.25) is 39.3 Å². The Kier molecular flexibility index (Phi) is 5.08. The second-order valence-electron chi connectivity index (χ2n) is 8.56. The summed E-state index contributed by atoms with van der Waals surface area (Å²) in [6.07, 6.45) is 1.72. The fraction of sp³-hybridized carbons (Fsp3) is 0.667. The van der Waals surface area contributed by atoms with Crippen LogP contribution in [-0.2, 0) is 4.74 Å². The van der Waals surface area contributed by atoms with Crippen LogP contribution in [0.25, 0.3) is 0 Å². The molecule has 0 aliphatic rings. The molecule has 0 unspecified atom stereocenters. The number of nitrogens with zero attached hydrogens (tertiary/aromatic N) is 1. The largest absolute Gasteiger partial charge is 0.443 e. The van der Waals surface area contributed by atoms with Crippen molar-refractivity contribution < 1.29 is 9.53 Å². The summed E-state index contributed by atoms with van der Waals surface area (Å²) in [5.74, 6) is 0. The Balaban J connectivity index is 3.48. The number of halogens is 1. The van der Waals surface area contributed by atoms with Crippen LogP contribution in [-0.4, -0.2) is 32.4 Å². The number of hydrogen-bond donors (Lipinski definition) is 0. The predicted molar refractivity (Wildman–Crippen MR) is 99.7 cm³/mol. The summed E-state index contributed by atoms with van der Waals surface area (Å²) in [7, 11) is -3.21. The van der Waals surface area contributed by atoms with Crippen molar-refractivity contribution in [2.24, 2.45) is 0 Å². The highest BCUT2D eigenvalue weighted by Gasteiger charge is 2.34. The van der Waals surface area contributed by atoms with Gasteiger partial charge in [-0.05, 0) is 41.9 Å². The Morgan fingerprint density at radius 3 is 1.90 bits per heavy atom. The molecular formula is C15H28BrNO2Si2. The molecule has 0 saturated carbocycles. The lowest BCUT2D eigenvalue weighted by Crippen LogP contribution is -2.47. The van der Waals surface area contributed by atoms with E-state index in [0.717, 1.165) is 9.79 Å². The average Bonchev–Trinajstić information content (AvgIpc) is 2.51. The van der Waals surface area contributed by atoms with Crippen LogP contribution in [0.5, 0.6) is 0 Å². The maximum atomic E-state index is 12.6. The topological polar surface area (TPSA) is 31.2 Å². The summed E-state index contributed by atoms with van der Waals surface area (Å²) < 4.78 is 8.44. The van der Waals surface area contributed by atoms with Crippen LogP contribution in [0, 0.1) is 0 Å². The maximum Gasteiger partial charge on any atom is 0.418 e. The smallest absolute Gasteiger partial charge is 0.418 e. The van der Waals surface area contributed by atoms with Crippen LogP contribution in [0.15, 0.2) is 10.7 Å². The standard InChI is InChI=1S/C15H28BrNO2Si2/c1-15(2,3)19-14(18)17-10-11(20(4,5)6)12(16)13(17)21(7,8)9/h10H,1-9H3. The molecule has 1 heterocycles. The molecule has 1 rings (SSSR count). The highest BCUT2D eigenvalue weighted by molar-refractivity contribution is 9.10. The van der Waals surface area contributed by atoms with Crippen LogP contribution in [0.3, 0.4) is 0 Å². The highest BCUT2D eigenvalue weighted by atomic mass is 79.9. The van der Waals surface area contributed by atoms with E-state index >= 15 is 0 Å². The monoisotopic (exact) mass is 389 g/mol. The van der Waals surface area contributed by atoms with Gasteiger partial charge in [0, 0.05) is 16.0 Å². The van der Waals surface area contributed by atoms with Gasteiger partial charge in [-0.25, -0.2) is 4.79 Å². The van der Waals surface area contributed by atoms with Gasteiger partial charge in [-0.2, -0.15) is 0 Å². The van der Waals surface area contributed by atoms with Crippen LogP contribution >= 0.6 is 15.9 Å². The Morgan fingerprint density at radius 1 is 1.10 bits per heavy atom. The van der Waals surface area contributed by atoms with Crippen molar-refractivity contribution in [1.82, 2.24) is 4.57 Å². The lowest BCUT2D eigenvalue weighted by atomic mass is 10.2. The summed E-state index contributed by atoms with van der Waals surface area (Å²) >= 11 is 3.76. The molecular weight excluding hydrogens is 362 g/mol. The first-order chi connectivity index (χ1) is 9.14. The van der Waals surface area contributed by atoms with Gasteiger partial charge in [0.2, 0.25) is 0 Å². The number of rotatable bonds is 2. The normalized spacial score (nSPS) is 13.4. The molecule has 0 aliphatic carbocycles. The highest BCUT2D eigenvalue weighted by Crippen LogP contribution is 2.19. The molecule has 0 spiro atoms. The van der Waals surface area contributed by atoms with E-state index in [-0.39, 0.29) is 6.09 Å².